The smallest absolute Gasteiger partial charge is 0.261 e. The second kappa shape index (κ2) is 6.55. The van der Waals surface area contributed by atoms with Crippen LogP contribution in [-0.2, 0) is 0 Å². The molecule has 0 N–H and O–H groups in total. The van der Waals surface area contributed by atoms with Crippen molar-refractivity contribution in [2.24, 2.45) is 5.92 Å². The van der Waals surface area contributed by atoms with E-state index in [-0.39, 0.29) is 17.4 Å². The average molecular weight is 376 g/mol. The highest BCUT2D eigenvalue weighted by Gasteiger charge is 2.24. The summed E-state index contributed by atoms with van der Waals surface area (Å²) in [5, 5.41) is 5.03. The molecule has 0 aliphatic heterocycles. The van der Waals surface area contributed by atoms with E-state index in [9.17, 15) is 9.18 Å². The molecule has 0 amide bonds. The fourth-order valence-electron chi connectivity index (χ4n) is 4.44. The summed E-state index contributed by atoms with van der Waals surface area (Å²) >= 11 is 0. The van der Waals surface area contributed by atoms with Gasteiger partial charge in [0.05, 0.1) is 17.1 Å². The first-order chi connectivity index (χ1) is 13.6. The molecule has 0 bridgehead atoms. The molecule has 1 aliphatic rings. The molecular weight excluding hydrogens is 355 g/mol. The van der Waals surface area contributed by atoms with Crippen molar-refractivity contribution in [3.05, 3.63) is 65.1 Å². The van der Waals surface area contributed by atoms with Gasteiger partial charge in [0.1, 0.15) is 5.82 Å². The Kier molecular flexibility index (Phi) is 4.00. The number of fused-ring (bicyclic) bond motifs is 3. The van der Waals surface area contributed by atoms with E-state index >= 15 is 0 Å². The van der Waals surface area contributed by atoms with Crippen molar-refractivity contribution in [3.8, 4) is 11.1 Å². The van der Waals surface area contributed by atoms with Crippen molar-refractivity contribution in [2.75, 3.05) is 0 Å². The predicted octanol–water partition coefficient (Wildman–Crippen LogP) is 4.60. The molecule has 2 unspecified atom stereocenters. The fraction of sp³-hybridized carbons (Fsp3) is 0.318. The molecule has 1 aromatic carbocycles. The zero-order chi connectivity index (χ0) is 19.3. The number of halogens is 1. The maximum atomic E-state index is 13.2. The largest absolute Gasteiger partial charge is 0.312 e. The molecule has 0 saturated heterocycles. The normalized spacial score (nSPS) is 20.1. The lowest BCUT2D eigenvalue weighted by atomic mass is 9.85. The van der Waals surface area contributed by atoms with Crippen molar-refractivity contribution in [1.82, 2.24) is 19.2 Å². The molecule has 142 valence electrons. The van der Waals surface area contributed by atoms with Crippen molar-refractivity contribution in [2.45, 2.75) is 38.6 Å². The Morgan fingerprint density at radius 3 is 2.64 bits per heavy atom. The highest BCUT2D eigenvalue weighted by molar-refractivity contribution is 5.85. The van der Waals surface area contributed by atoms with Crippen molar-refractivity contribution < 1.29 is 4.39 Å². The summed E-state index contributed by atoms with van der Waals surface area (Å²) < 4.78 is 16.8. The molecule has 1 saturated carbocycles. The molecule has 4 aromatic rings. The maximum Gasteiger partial charge on any atom is 0.261 e. The van der Waals surface area contributed by atoms with Gasteiger partial charge in [-0.05, 0) is 42.5 Å². The second-order valence-electron chi connectivity index (χ2n) is 7.71. The minimum atomic E-state index is -0.281. The van der Waals surface area contributed by atoms with Crippen LogP contribution in [0, 0.1) is 11.7 Å². The minimum absolute atomic E-state index is 0.00974. The SMILES string of the molecule is CC1CCCCC1n1ccc2c(cnc3c(-c4ccc(F)cc4)cnn32)c1=O. The van der Waals surface area contributed by atoms with Gasteiger partial charge in [-0.2, -0.15) is 5.10 Å². The van der Waals surface area contributed by atoms with Gasteiger partial charge in [0.15, 0.2) is 5.65 Å². The first kappa shape index (κ1) is 17.1. The summed E-state index contributed by atoms with van der Waals surface area (Å²) in [5.74, 6) is 0.214. The third kappa shape index (κ3) is 2.63. The second-order valence-corrected chi connectivity index (χ2v) is 7.71. The Morgan fingerprint density at radius 1 is 1.07 bits per heavy atom. The lowest BCUT2D eigenvalue weighted by molar-refractivity contribution is 0.253. The number of aromatic nitrogens is 4. The Balaban J connectivity index is 1.66. The Bertz CT molecular complexity index is 1230. The molecule has 28 heavy (non-hydrogen) atoms. The Labute approximate surface area is 161 Å². The molecule has 2 atom stereocenters. The van der Waals surface area contributed by atoms with E-state index in [1.54, 1.807) is 29.0 Å². The number of hydrogen-bond acceptors (Lipinski definition) is 3. The third-order valence-corrected chi connectivity index (χ3v) is 6.00. The number of pyridine rings is 1. The number of hydrogen-bond donors (Lipinski definition) is 0. The third-order valence-electron chi connectivity index (χ3n) is 6.00. The average Bonchev–Trinajstić information content (AvgIpc) is 3.14. The van der Waals surface area contributed by atoms with Crippen molar-refractivity contribution >= 4 is 16.6 Å². The standard InChI is InChI=1S/C22H21FN4O/c1-14-4-2-3-5-19(14)26-11-10-20-18(22(26)28)12-24-21-17(13-25-27(20)21)15-6-8-16(23)9-7-15/h6-14,19H,2-5H2,1H3. The monoisotopic (exact) mass is 376 g/mol. The van der Waals surface area contributed by atoms with Crippen LogP contribution in [0.1, 0.15) is 38.6 Å². The molecule has 1 aliphatic carbocycles. The van der Waals surface area contributed by atoms with Gasteiger partial charge in [0, 0.05) is 24.0 Å². The Morgan fingerprint density at radius 2 is 1.86 bits per heavy atom. The van der Waals surface area contributed by atoms with Gasteiger partial charge in [-0.3, -0.25) is 4.79 Å². The molecule has 0 radical (unpaired) electrons. The number of benzene rings is 1. The molecular formula is C22H21FN4O. The van der Waals surface area contributed by atoms with Crippen LogP contribution in [0.15, 0.2) is 53.7 Å². The first-order valence-electron chi connectivity index (χ1n) is 9.77. The molecule has 5 rings (SSSR count). The van der Waals surface area contributed by atoms with E-state index in [1.165, 1.54) is 18.6 Å². The van der Waals surface area contributed by atoms with Crippen molar-refractivity contribution in [1.29, 1.82) is 0 Å². The molecule has 6 heteroatoms. The van der Waals surface area contributed by atoms with Crippen LogP contribution in [0.5, 0.6) is 0 Å². The van der Waals surface area contributed by atoms with Gasteiger partial charge in [-0.15, -0.1) is 0 Å². The van der Waals surface area contributed by atoms with Crippen LogP contribution < -0.4 is 5.56 Å². The van der Waals surface area contributed by atoms with E-state index in [0.717, 1.165) is 35.9 Å². The van der Waals surface area contributed by atoms with Crippen molar-refractivity contribution in [3.63, 3.8) is 0 Å². The minimum Gasteiger partial charge on any atom is -0.312 e. The molecule has 0 spiro atoms. The van der Waals surface area contributed by atoms with Gasteiger partial charge in [0.2, 0.25) is 0 Å². The quantitative estimate of drug-likeness (QED) is 0.514. The summed E-state index contributed by atoms with van der Waals surface area (Å²) in [4.78, 5) is 17.7. The van der Waals surface area contributed by atoms with Gasteiger partial charge in [-0.25, -0.2) is 13.9 Å². The van der Waals surface area contributed by atoms with Gasteiger partial charge >= 0.3 is 0 Å². The summed E-state index contributed by atoms with van der Waals surface area (Å²) in [6.07, 6.45) is 9.86. The molecule has 3 heterocycles. The summed E-state index contributed by atoms with van der Waals surface area (Å²) in [5.41, 5.74) is 3.04. The summed E-state index contributed by atoms with van der Waals surface area (Å²) in [6.45, 7) is 2.23. The zero-order valence-corrected chi connectivity index (χ0v) is 15.7. The van der Waals surface area contributed by atoms with Crippen LogP contribution in [0.2, 0.25) is 0 Å². The van der Waals surface area contributed by atoms with Gasteiger partial charge in [-0.1, -0.05) is 31.9 Å². The van der Waals surface area contributed by atoms with Crippen LogP contribution >= 0.6 is 0 Å². The van der Waals surface area contributed by atoms with Crippen LogP contribution in [0.3, 0.4) is 0 Å². The summed E-state index contributed by atoms with van der Waals surface area (Å²) in [6, 6.07) is 8.46. The highest BCUT2D eigenvalue weighted by atomic mass is 19.1. The number of rotatable bonds is 2. The lowest BCUT2D eigenvalue weighted by Crippen LogP contribution is -2.30. The van der Waals surface area contributed by atoms with E-state index < -0.39 is 0 Å². The van der Waals surface area contributed by atoms with Gasteiger partial charge in [0.25, 0.3) is 5.56 Å². The van der Waals surface area contributed by atoms with E-state index in [0.29, 0.717) is 17.0 Å². The van der Waals surface area contributed by atoms with E-state index in [1.807, 2.05) is 16.8 Å². The predicted molar refractivity (Wildman–Crippen MR) is 107 cm³/mol. The highest BCUT2D eigenvalue weighted by Crippen LogP contribution is 2.33. The first-order valence-corrected chi connectivity index (χ1v) is 9.77. The zero-order valence-electron chi connectivity index (χ0n) is 15.7. The lowest BCUT2D eigenvalue weighted by Gasteiger charge is -2.30. The topological polar surface area (TPSA) is 52.2 Å². The van der Waals surface area contributed by atoms with Crippen LogP contribution in [-0.4, -0.2) is 19.2 Å². The molecule has 1 fully saturated rings. The van der Waals surface area contributed by atoms with Crippen LogP contribution in [0.25, 0.3) is 27.7 Å². The van der Waals surface area contributed by atoms with E-state index in [2.05, 4.69) is 17.0 Å². The summed E-state index contributed by atoms with van der Waals surface area (Å²) in [7, 11) is 0. The Hall–Kier alpha value is -3.02. The fourth-order valence-corrected chi connectivity index (χ4v) is 4.44. The maximum absolute atomic E-state index is 13.2. The van der Waals surface area contributed by atoms with E-state index in [4.69, 9.17) is 0 Å². The molecule has 3 aromatic heterocycles. The van der Waals surface area contributed by atoms with Crippen LogP contribution in [0.4, 0.5) is 4.39 Å². The number of nitrogens with zero attached hydrogens (tertiary/aromatic N) is 4. The molecule has 5 nitrogen and oxygen atoms in total. The van der Waals surface area contributed by atoms with Gasteiger partial charge < -0.3 is 4.57 Å².